The first-order chi connectivity index (χ1) is 10.9. The average Bonchev–Trinajstić information content (AvgIpc) is 3.15. The topological polar surface area (TPSA) is 66.8 Å². The number of fused-ring (bicyclic) bond motifs is 1. The number of nitrogens with zero attached hydrogens (tertiary/aromatic N) is 1. The van der Waals surface area contributed by atoms with E-state index in [2.05, 4.69) is 15.9 Å². The maximum absolute atomic E-state index is 12.9. The summed E-state index contributed by atoms with van der Waals surface area (Å²) in [7, 11) is 0. The first kappa shape index (κ1) is 14.9. The van der Waals surface area contributed by atoms with E-state index in [9.17, 15) is 14.7 Å². The van der Waals surface area contributed by atoms with Crippen LogP contribution in [0.1, 0.15) is 18.5 Å². The van der Waals surface area contributed by atoms with Gasteiger partial charge in [0, 0.05) is 4.47 Å². The van der Waals surface area contributed by atoms with Crippen molar-refractivity contribution in [2.45, 2.75) is 24.7 Å². The number of halogens is 1. The van der Waals surface area contributed by atoms with Crippen molar-refractivity contribution < 1.29 is 19.4 Å². The van der Waals surface area contributed by atoms with Crippen LogP contribution in [0.5, 0.6) is 0 Å². The molecule has 0 radical (unpaired) electrons. The highest BCUT2D eigenvalue weighted by Crippen LogP contribution is 2.53. The predicted molar refractivity (Wildman–Crippen MR) is 85.6 cm³/mol. The fourth-order valence-corrected chi connectivity index (χ4v) is 4.32. The zero-order valence-electron chi connectivity index (χ0n) is 12.5. The van der Waals surface area contributed by atoms with Gasteiger partial charge in [0.15, 0.2) is 0 Å². The van der Waals surface area contributed by atoms with Crippen LogP contribution in [0.25, 0.3) is 0 Å². The molecule has 23 heavy (non-hydrogen) atoms. The number of carbonyl (C=O) groups excluding carboxylic acids is 1. The molecule has 3 aliphatic rings. The van der Waals surface area contributed by atoms with Gasteiger partial charge in [-0.3, -0.25) is 9.59 Å². The number of carbonyl (C=O) groups is 2. The molecule has 3 aliphatic heterocycles. The van der Waals surface area contributed by atoms with Gasteiger partial charge in [-0.2, -0.15) is 0 Å². The Hall–Kier alpha value is -1.66. The first-order valence-electron chi connectivity index (χ1n) is 7.59. The largest absolute Gasteiger partial charge is 0.481 e. The minimum atomic E-state index is -0.960. The molecule has 1 amide bonds. The summed E-state index contributed by atoms with van der Waals surface area (Å²) in [6.07, 6.45) is 3.19. The molecular formula is C17H16BrNO4. The molecule has 120 valence electrons. The molecule has 5 atom stereocenters. The van der Waals surface area contributed by atoms with Gasteiger partial charge in [0.05, 0.1) is 24.6 Å². The van der Waals surface area contributed by atoms with Crippen LogP contribution in [0.4, 0.5) is 0 Å². The Morgan fingerprint density at radius 1 is 1.43 bits per heavy atom. The molecule has 1 N–H and O–H groups in total. The molecule has 5 nitrogen and oxygen atoms in total. The highest BCUT2D eigenvalue weighted by molar-refractivity contribution is 9.10. The van der Waals surface area contributed by atoms with E-state index < -0.39 is 29.5 Å². The van der Waals surface area contributed by atoms with Gasteiger partial charge in [-0.1, -0.05) is 40.2 Å². The van der Waals surface area contributed by atoms with E-state index in [1.54, 1.807) is 11.0 Å². The molecule has 4 rings (SSSR count). The van der Waals surface area contributed by atoms with Crippen molar-refractivity contribution in [3.63, 3.8) is 0 Å². The van der Waals surface area contributed by atoms with Gasteiger partial charge in [0.1, 0.15) is 11.5 Å². The van der Waals surface area contributed by atoms with E-state index in [4.69, 9.17) is 4.74 Å². The number of amides is 1. The summed E-state index contributed by atoms with van der Waals surface area (Å²) < 4.78 is 6.88. The number of benzene rings is 1. The lowest BCUT2D eigenvalue weighted by Crippen LogP contribution is -2.39. The van der Waals surface area contributed by atoms with Crippen LogP contribution in [-0.4, -0.2) is 40.1 Å². The van der Waals surface area contributed by atoms with Crippen molar-refractivity contribution in [2.24, 2.45) is 11.8 Å². The van der Waals surface area contributed by atoms with Gasteiger partial charge in [-0.15, -0.1) is 0 Å². The molecule has 2 saturated heterocycles. The van der Waals surface area contributed by atoms with E-state index in [-0.39, 0.29) is 11.9 Å². The molecule has 0 saturated carbocycles. The number of carboxylic acids is 1. The zero-order valence-corrected chi connectivity index (χ0v) is 14.1. The van der Waals surface area contributed by atoms with Crippen molar-refractivity contribution in [1.82, 2.24) is 4.90 Å². The SMILES string of the molecule is C[C@H](c1ccc(Br)cc1)N1C[C@]23C=C[C@@H](O2)[C@@H](C(=O)O)[C@@H]3C1=O. The maximum atomic E-state index is 12.9. The molecule has 2 bridgehead atoms. The molecule has 6 heteroatoms. The van der Waals surface area contributed by atoms with Crippen LogP contribution in [0, 0.1) is 11.8 Å². The molecule has 1 spiro atoms. The number of likely N-dealkylation sites (tertiary alicyclic amines) is 1. The fourth-order valence-electron chi connectivity index (χ4n) is 4.06. The molecule has 0 aromatic heterocycles. The van der Waals surface area contributed by atoms with E-state index in [0.29, 0.717) is 6.54 Å². The Kier molecular flexibility index (Phi) is 3.19. The number of aliphatic carboxylic acids is 1. The molecule has 0 aliphatic carbocycles. The number of ether oxygens (including phenoxy) is 1. The van der Waals surface area contributed by atoms with Gasteiger partial charge in [-0.05, 0) is 24.6 Å². The second kappa shape index (κ2) is 4.92. The summed E-state index contributed by atoms with van der Waals surface area (Å²) in [6, 6.07) is 7.69. The highest BCUT2D eigenvalue weighted by Gasteiger charge is 2.67. The van der Waals surface area contributed by atoms with Gasteiger partial charge >= 0.3 is 5.97 Å². The lowest BCUT2D eigenvalue weighted by molar-refractivity contribution is -0.148. The lowest BCUT2D eigenvalue weighted by atomic mass is 9.77. The second-order valence-corrected chi connectivity index (χ2v) is 7.35. The Bertz CT molecular complexity index is 716. The third kappa shape index (κ3) is 2.01. The Balaban J connectivity index is 1.66. The van der Waals surface area contributed by atoms with Crippen LogP contribution in [0.3, 0.4) is 0 Å². The summed E-state index contributed by atoms with van der Waals surface area (Å²) >= 11 is 3.40. The van der Waals surface area contributed by atoms with Crippen LogP contribution < -0.4 is 0 Å². The van der Waals surface area contributed by atoms with Crippen molar-refractivity contribution >= 4 is 27.8 Å². The number of hydrogen-bond donors (Lipinski definition) is 1. The molecular weight excluding hydrogens is 362 g/mol. The van der Waals surface area contributed by atoms with Gasteiger partial charge < -0.3 is 14.7 Å². The first-order valence-corrected chi connectivity index (χ1v) is 8.38. The summed E-state index contributed by atoms with van der Waals surface area (Å²) in [5, 5.41) is 9.48. The minimum Gasteiger partial charge on any atom is -0.481 e. The summed E-state index contributed by atoms with van der Waals surface area (Å²) in [5.74, 6) is -2.49. The van der Waals surface area contributed by atoms with Crippen LogP contribution >= 0.6 is 15.9 Å². The van der Waals surface area contributed by atoms with E-state index in [0.717, 1.165) is 10.0 Å². The molecule has 2 fully saturated rings. The number of carboxylic acid groups (broad SMARTS) is 1. The van der Waals surface area contributed by atoms with Gasteiger partial charge in [0.2, 0.25) is 5.91 Å². The number of hydrogen-bond acceptors (Lipinski definition) is 3. The molecule has 1 aromatic rings. The van der Waals surface area contributed by atoms with E-state index >= 15 is 0 Å². The highest BCUT2D eigenvalue weighted by atomic mass is 79.9. The quantitative estimate of drug-likeness (QED) is 0.821. The molecule has 3 heterocycles. The monoisotopic (exact) mass is 377 g/mol. The van der Waals surface area contributed by atoms with Crippen LogP contribution in [0.2, 0.25) is 0 Å². The minimum absolute atomic E-state index is 0.124. The van der Waals surface area contributed by atoms with Crippen molar-refractivity contribution in [2.75, 3.05) is 6.54 Å². The average molecular weight is 378 g/mol. The Morgan fingerprint density at radius 3 is 2.78 bits per heavy atom. The second-order valence-electron chi connectivity index (χ2n) is 6.43. The maximum Gasteiger partial charge on any atom is 0.310 e. The normalized spacial score (nSPS) is 35.7. The fraction of sp³-hybridized carbons (Fsp3) is 0.412. The third-order valence-corrected chi connectivity index (χ3v) is 5.76. The van der Waals surface area contributed by atoms with Crippen LogP contribution in [0.15, 0.2) is 40.9 Å². The smallest absolute Gasteiger partial charge is 0.310 e. The summed E-state index contributed by atoms with van der Waals surface area (Å²) in [6.45, 7) is 2.37. The van der Waals surface area contributed by atoms with Crippen molar-refractivity contribution in [1.29, 1.82) is 0 Å². The van der Waals surface area contributed by atoms with Crippen molar-refractivity contribution in [3.8, 4) is 0 Å². The van der Waals surface area contributed by atoms with Crippen molar-refractivity contribution in [3.05, 3.63) is 46.5 Å². The third-order valence-electron chi connectivity index (χ3n) is 5.23. The Labute approximate surface area is 142 Å². The van der Waals surface area contributed by atoms with Crippen LogP contribution in [-0.2, 0) is 14.3 Å². The number of rotatable bonds is 3. The molecule has 0 unspecified atom stereocenters. The molecule has 1 aromatic carbocycles. The summed E-state index contributed by atoms with van der Waals surface area (Å²) in [4.78, 5) is 26.2. The zero-order chi connectivity index (χ0) is 16.4. The standard InChI is InChI=1S/C17H16BrNO4/c1-9(10-2-4-11(18)5-3-10)19-8-17-7-6-12(23-17)13(16(21)22)14(17)15(19)20/h2-7,9,12-14H,8H2,1H3,(H,21,22)/t9-,12-,13-,14-,17+/m1/s1. The lowest BCUT2D eigenvalue weighted by Gasteiger charge is -2.27. The van der Waals surface area contributed by atoms with Gasteiger partial charge in [-0.25, -0.2) is 0 Å². The predicted octanol–water partition coefficient (Wildman–Crippen LogP) is 2.38. The van der Waals surface area contributed by atoms with E-state index in [1.165, 1.54) is 0 Å². The van der Waals surface area contributed by atoms with E-state index in [1.807, 2.05) is 37.3 Å². The Morgan fingerprint density at radius 2 is 2.13 bits per heavy atom. The van der Waals surface area contributed by atoms with Gasteiger partial charge in [0.25, 0.3) is 0 Å². The summed E-state index contributed by atoms with van der Waals surface area (Å²) in [5.41, 5.74) is 0.248.